The van der Waals surface area contributed by atoms with E-state index in [4.69, 9.17) is 16.3 Å². The first kappa shape index (κ1) is 15.1. The van der Waals surface area contributed by atoms with Crippen molar-refractivity contribution < 1.29 is 14.6 Å². The van der Waals surface area contributed by atoms with Crippen molar-refractivity contribution in [1.29, 1.82) is 0 Å². The molecule has 2 N–H and O–H groups in total. The van der Waals surface area contributed by atoms with Crippen LogP contribution in [0.4, 0.5) is 0 Å². The van der Waals surface area contributed by atoms with Gasteiger partial charge in [0.2, 0.25) is 0 Å². The van der Waals surface area contributed by atoms with Gasteiger partial charge < -0.3 is 15.2 Å². The Balaban J connectivity index is 1.99. The van der Waals surface area contributed by atoms with E-state index in [0.29, 0.717) is 16.3 Å². The number of nitrogens with one attached hydrogen (secondary N) is 1. The van der Waals surface area contributed by atoms with Crippen LogP contribution in [0.3, 0.4) is 0 Å². The molecule has 2 rings (SSSR count). The van der Waals surface area contributed by atoms with Gasteiger partial charge >= 0.3 is 0 Å². The van der Waals surface area contributed by atoms with Crippen molar-refractivity contribution in [3.8, 4) is 5.75 Å². The zero-order chi connectivity index (χ0) is 14.5. The number of para-hydroxylation sites is 1. The first-order valence-corrected chi connectivity index (χ1v) is 7.35. The van der Waals surface area contributed by atoms with E-state index in [0.717, 1.165) is 12.8 Å². The molecule has 110 valence electrons. The summed E-state index contributed by atoms with van der Waals surface area (Å²) in [6.45, 7) is 1.52. The van der Waals surface area contributed by atoms with E-state index < -0.39 is 6.10 Å². The molecule has 0 aromatic heterocycles. The Labute approximate surface area is 124 Å². The summed E-state index contributed by atoms with van der Waals surface area (Å²) in [7, 11) is 0. The van der Waals surface area contributed by atoms with Crippen LogP contribution in [-0.4, -0.2) is 23.2 Å². The maximum atomic E-state index is 12.1. The first-order chi connectivity index (χ1) is 9.61. The lowest BCUT2D eigenvalue weighted by Crippen LogP contribution is -2.41. The van der Waals surface area contributed by atoms with Crippen LogP contribution in [0.1, 0.15) is 38.2 Å². The van der Waals surface area contributed by atoms with Crippen molar-refractivity contribution in [3.05, 3.63) is 28.8 Å². The molecule has 1 fully saturated rings. The predicted molar refractivity (Wildman–Crippen MR) is 77.9 cm³/mol. The highest BCUT2D eigenvalue weighted by Gasteiger charge is 2.22. The van der Waals surface area contributed by atoms with Crippen molar-refractivity contribution >= 4 is 17.5 Å². The third-order valence-electron chi connectivity index (χ3n) is 3.58. The second-order valence-corrected chi connectivity index (χ2v) is 5.54. The summed E-state index contributed by atoms with van der Waals surface area (Å²) in [6, 6.07) is 5.40. The lowest BCUT2D eigenvalue weighted by atomic mass is 10.2. The molecular formula is C15H20ClNO3. The van der Waals surface area contributed by atoms with Gasteiger partial charge in [0, 0.05) is 11.6 Å². The lowest BCUT2D eigenvalue weighted by Gasteiger charge is -2.20. The summed E-state index contributed by atoms with van der Waals surface area (Å²) >= 11 is 6.06. The van der Waals surface area contributed by atoms with Crippen LogP contribution in [0.25, 0.3) is 0 Å². The fourth-order valence-corrected chi connectivity index (χ4v) is 2.67. The number of aliphatic hydroxyl groups is 1. The van der Waals surface area contributed by atoms with E-state index in [-0.39, 0.29) is 18.6 Å². The number of rotatable bonds is 5. The average Bonchev–Trinajstić information content (AvgIpc) is 2.93. The molecular weight excluding hydrogens is 278 g/mol. The molecule has 0 saturated heterocycles. The topological polar surface area (TPSA) is 58.6 Å². The van der Waals surface area contributed by atoms with Crippen LogP contribution in [-0.2, 0) is 11.4 Å². The summed E-state index contributed by atoms with van der Waals surface area (Å²) in [5.74, 6) is 0.242. The Kier molecular flexibility index (Phi) is 5.26. The van der Waals surface area contributed by atoms with Gasteiger partial charge in [0.15, 0.2) is 6.10 Å². The molecule has 1 aromatic rings. The number of amides is 1. The average molecular weight is 298 g/mol. The van der Waals surface area contributed by atoms with E-state index in [1.54, 1.807) is 25.1 Å². The lowest BCUT2D eigenvalue weighted by molar-refractivity contribution is -0.128. The summed E-state index contributed by atoms with van der Waals surface area (Å²) < 4.78 is 5.64. The molecule has 1 atom stereocenters. The third kappa shape index (κ3) is 3.64. The molecule has 4 nitrogen and oxygen atoms in total. The molecule has 1 unspecified atom stereocenters. The highest BCUT2D eigenvalue weighted by molar-refractivity contribution is 6.32. The van der Waals surface area contributed by atoms with E-state index in [1.807, 2.05) is 0 Å². The van der Waals surface area contributed by atoms with Crippen LogP contribution in [0.5, 0.6) is 5.75 Å². The fraction of sp³-hybridized carbons (Fsp3) is 0.533. The highest BCUT2D eigenvalue weighted by atomic mass is 35.5. The zero-order valence-electron chi connectivity index (χ0n) is 11.6. The summed E-state index contributed by atoms with van der Waals surface area (Å²) in [5, 5.41) is 12.7. The van der Waals surface area contributed by atoms with E-state index >= 15 is 0 Å². The van der Waals surface area contributed by atoms with Crippen LogP contribution in [0.2, 0.25) is 5.02 Å². The molecule has 1 saturated carbocycles. The maximum absolute atomic E-state index is 12.1. The maximum Gasteiger partial charge on any atom is 0.260 e. The molecule has 20 heavy (non-hydrogen) atoms. The Hall–Kier alpha value is -1.26. The molecule has 0 spiro atoms. The molecule has 5 heteroatoms. The number of halogens is 1. The molecule has 1 aromatic carbocycles. The van der Waals surface area contributed by atoms with Crippen molar-refractivity contribution in [2.45, 2.75) is 51.4 Å². The Morgan fingerprint density at radius 2 is 2.20 bits per heavy atom. The normalized spacial score (nSPS) is 16.9. The highest BCUT2D eigenvalue weighted by Crippen LogP contribution is 2.29. The Morgan fingerprint density at radius 1 is 1.50 bits per heavy atom. The number of hydrogen-bond donors (Lipinski definition) is 2. The van der Waals surface area contributed by atoms with Crippen molar-refractivity contribution in [2.24, 2.45) is 0 Å². The SMILES string of the molecule is CC(Oc1c(Cl)cccc1CO)C(=O)NC1CCCC1. The Bertz CT molecular complexity index is 472. The van der Waals surface area contributed by atoms with Crippen molar-refractivity contribution in [2.75, 3.05) is 0 Å². The minimum atomic E-state index is -0.638. The van der Waals surface area contributed by atoms with Crippen molar-refractivity contribution in [3.63, 3.8) is 0 Å². The molecule has 1 aliphatic rings. The number of ether oxygens (including phenoxy) is 1. The second kappa shape index (κ2) is 6.95. The zero-order valence-corrected chi connectivity index (χ0v) is 12.3. The minimum Gasteiger partial charge on any atom is -0.479 e. The van der Waals surface area contributed by atoms with Gasteiger partial charge in [0.05, 0.1) is 11.6 Å². The summed E-state index contributed by atoms with van der Waals surface area (Å²) in [6.07, 6.45) is 3.76. The molecule has 0 heterocycles. The standard InChI is InChI=1S/C15H20ClNO3/c1-10(15(19)17-12-6-2-3-7-12)20-14-11(9-18)5-4-8-13(14)16/h4-5,8,10,12,18H,2-3,6-7,9H2,1H3,(H,17,19). The molecule has 1 aliphatic carbocycles. The Morgan fingerprint density at radius 3 is 2.85 bits per heavy atom. The van der Waals surface area contributed by atoms with Gasteiger partial charge in [-0.25, -0.2) is 0 Å². The molecule has 0 radical (unpaired) electrons. The van der Waals surface area contributed by atoms with E-state index in [1.165, 1.54) is 12.8 Å². The number of benzene rings is 1. The molecule has 1 amide bonds. The van der Waals surface area contributed by atoms with E-state index in [9.17, 15) is 9.90 Å². The van der Waals surface area contributed by atoms with Gasteiger partial charge in [-0.2, -0.15) is 0 Å². The van der Waals surface area contributed by atoms with Gasteiger partial charge in [0.1, 0.15) is 5.75 Å². The second-order valence-electron chi connectivity index (χ2n) is 5.14. The fourth-order valence-electron chi connectivity index (χ4n) is 2.43. The van der Waals surface area contributed by atoms with Crippen LogP contribution in [0.15, 0.2) is 18.2 Å². The largest absolute Gasteiger partial charge is 0.479 e. The van der Waals surface area contributed by atoms with E-state index in [2.05, 4.69) is 5.32 Å². The quantitative estimate of drug-likeness (QED) is 0.878. The van der Waals surface area contributed by atoms with Crippen LogP contribution in [0, 0.1) is 0 Å². The minimum absolute atomic E-state index is 0.138. The number of hydrogen-bond acceptors (Lipinski definition) is 3. The first-order valence-electron chi connectivity index (χ1n) is 6.97. The van der Waals surface area contributed by atoms with Gasteiger partial charge in [-0.15, -0.1) is 0 Å². The van der Waals surface area contributed by atoms with Gasteiger partial charge in [0.25, 0.3) is 5.91 Å². The van der Waals surface area contributed by atoms with Gasteiger partial charge in [-0.05, 0) is 25.8 Å². The smallest absolute Gasteiger partial charge is 0.260 e. The van der Waals surface area contributed by atoms with Crippen molar-refractivity contribution in [1.82, 2.24) is 5.32 Å². The van der Waals surface area contributed by atoms with Gasteiger partial charge in [-0.1, -0.05) is 36.6 Å². The number of aliphatic hydroxyl groups excluding tert-OH is 1. The molecule has 0 aliphatic heterocycles. The van der Waals surface area contributed by atoms with Crippen LogP contribution < -0.4 is 10.1 Å². The van der Waals surface area contributed by atoms with Gasteiger partial charge in [-0.3, -0.25) is 4.79 Å². The third-order valence-corrected chi connectivity index (χ3v) is 3.88. The predicted octanol–water partition coefficient (Wildman–Crippen LogP) is 2.66. The molecule has 0 bridgehead atoms. The summed E-state index contributed by atoms with van der Waals surface area (Å²) in [4.78, 5) is 12.1. The van der Waals surface area contributed by atoms with Crippen LogP contribution >= 0.6 is 11.6 Å². The number of carbonyl (C=O) groups is 1. The summed E-state index contributed by atoms with van der Waals surface area (Å²) in [5.41, 5.74) is 0.581. The monoisotopic (exact) mass is 297 g/mol. The number of carbonyl (C=O) groups excluding carboxylic acids is 1.